The first-order valence-electron chi connectivity index (χ1n) is 10.8. The summed E-state index contributed by atoms with van der Waals surface area (Å²) in [6, 6.07) is 25.0. The molecule has 0 spiro atoms. The van der Waals surface area contributed by atoms with Crippen LogP contribution in [0.3, 0.4) is 0 Å². The van der Waals surface area contributed by atoms with Crippen molar-refractivity contribution < 1.29 is 19.0 Å². The van der Waals surface area contributed by atoms with Crippen molar-refractivity contribution >= 4 is 11.6 Å². The number of methoxy groups -OCH3 is 1. The van der Waals surface area contributed by atoms with Crippen LogP contribution in [0, 0.1) is 0 Å². The van der Waals surface area contributed by atoms with Crippen molar-refractivity contribution in [3.05, 3.63) is 84.4 Å². The molecule has 1 saturated heterocycles. The van der Waals surface area contributed by atoms with Gasteiger partial charge in [0.05, 0.1) is 12.7 Å². The van der Waals surface area contributed by atoms with Gasteiger partial charge in [0.25, 0.3) is 5.91 Å². The number of carbonyl (C=O) groups is 1. The Labute approximate surface area is 188 Å². The molecule has 166 valence electrons. The minimum atomic E-state index is -0.00475. The number of carbonyl (C=O) groups excluding carboxylic acids is 1. The summed E-state index contributed by atoms with van der Waals surface area (Å²) in [5.74, 6) is 2.22. The van der Waals surface area contributed by atoms with Crippen molar-refractivity contribution in [2.24, 2.45) is 0 Å². The molecule has 1 amide bonds. The smallest absolute Gasteiger partial charge is 0.257 e. The third-order valence-electron chi connectivity index (χ3n) is 5.46. The fourth-order valence-electron chi connectivity index (χ4n) is 3.74. The lowest BCUT2D eigenvalue weighted by Gasteiger charge is -2.36. The third-order valence-corrected chi connectivity index (χ3v) is 5.46. The average Bonchev–Trinajstić information content (AvgIpc) is 2.87. The van der Waals surface area contributed by atoms with Crippen molar-refractivity contribution in [3.63, 3.8) is 0 Å². The van der Waals surface area contributed by atoms with E-state index >= 15 is 0 Å². The summed E-state index contributed by atoms with van der Waals surface area (Å²) in [6.07, 6.45) is 0. The van der Waals surface area contributed by atoms with E-state index in [0.717, 1.165) is 30.3 Å². The van der Waals surface area contributed by atoms with Gasteiger partial charge in [-0.05, 0) is 36.4 Å². The molecule has 0 N–H and O–H groups in total. The standard InChI is InChI=1S/C26H28N2O4/c1-30-23-11-7-8-21(20-23)27-14-16-28(17-15-27)26(29)24-12-5-6-13-25(24)32-19-18-31-22-9-3-2-4-10-22/h2-13,20H,14-19H2,1H3. The molecule has 0 unspecified atom stereocenters. The zero-order valence-corrected chi connectivity index (χ0v) is 18.3. The molecule has 0 atom stereocenters. The summed E-state index contributed by atoms with van der Waals surface area (Å²) in [4.78, 5) is 17.4. The molecule has 4 rings (SSSR count). The van der Waals surface area contributed by atoms with Crippen LogP contribution in [0.2, 0.25) is 0 Å². The molecule has 1 aliphatic heterocycles. The minimum Gasteiger partial charge on any atom is -0.497 e. The van der Waals surface area contributed by atoms with Crippen LogP contribution in [0.4, 0.5) is 5.69 Å². The second kappa shape index (κ2) is 10.6. The average molecular weight is 433 g/mol. The van der Waals surface area contributed by atoms with Crippen LogP contribution >= 0.6 is 0 Å². The van der Waals surface area contributed by atoms with Gasteiger partial charge < -0.3 is 24.0 Å². The third kappa shape index (κ3) is 5.32. The number of ether oxygens (including phenoxy) is 3. The van der Waals surface area contributed by atoms with Crippen molar-refractivity contribution in [1.29, 1.82) is 0 Å². The van der Waals surface area contributed by atoms with E-state index < -0.39 is 0 Å². The summed E-state index contributed by atoms with van der Waals surface area (Å²) in [6.45, 7) is 3.62. The van der Waals surface area contributed by atoms with Crippen molar-refractivity contribution in [3.8, 4) is 17.2 Å². The Kier molecular flexibility index (Phi) is 7.12. The number of hydrogen-bond donors (Lipinski definition) is 0. The molecule has 0 radical (unpaired) electrons. The summed E-state index contributed by atoms with van der Waals surface area (Å²) in [5, 5.41) is 0. The van der Waals surface area contributed by atoms with Gasteiger partial charge in [0.2, 0.25) is 0 Å². The maximum Gasteiger partial charge on any atom is 0.257 e. The fraction of sp³-hybridized carbons (Fsp3) is 0.269. The lowest BCUT2D eigenvalue weighted by molar-refractivity contribution is 0.0741. The fourth-order valence-corrected chi connectivity index (χ4v) is 3.74. The number of rotatable bonds is 8. The number of hydrogen-bond acceptors (Lipinski definition) is 5. The predicted octanol–water partition coefficient (Wildman–Crippen LogP) is 4.12. The van der Waals surface area contributed by atoms with Crippen LogP contribution in [-0.4, -0.2) is 57.3 Å². The van der Waals surface area contributed by atoms with Crippen LogP contribution in [-0.2, 0) is 0 Å². The molecular weight excluding hydrogens is 404 g/mol. The van der Waals surface area contributed by atoms with E-state index in [1.165, 1.54) is 0 Å². The van der Waals surface area contributed by atoms with Crippen LogP contribution in [0.5, 0.6) is 17.2 Å². The first-order chi connectivity index (χ1) is 15.7. The number of amides is 1. The number of para-hydroxylation sites is 2. The Bertz CT molecular complexity index is 1020. The van der Waals surface area contributed by atoms with Gasteiger partial charge in [-0.15, -0.1) is 0 Å². The molecule has 3 aromatic rings. The molecule has 0 bridgehead atoms. The van der Waals surface area contributed by atoms with Gasteiger partial charge in [-0.2, -0.15) is 0 Å². The van der Waals surface area contributed by atoms with Crippen molar-refractivity contribution in [1.82, 2.24) is 4.90 Å². The van der Waals surface area contributed by atoms with Crippen molar-refractivity contribution in [2.75, 3.05) is 51.4 Å². The highest BCUT2D eigenvalue weighted by atomic mass is 16.5. The first-order valence-corrected chi connectivity index (χ1v) is 10.8. The van der Waals surface area contributed by atoms with Gasteiger partial charge in [0, 0.05) is 37.9 Å². The van der Waals surface area contributed by atoms with Crippen LogP contribution in [0.1, 0.15) is 10.4 Å². The second-order valence-electron chi connectivity index (χ2n) is 7.49. The number of anilines is 1. The first kappa shape index (κ1) is 21.6. The normalized spacial score (nSPS) is 13.5. The number of piperazine rings is 1. The molecule has 6 nitrogen and oxygen atoms in total. The predicted molar refractivity (Wildman–Crippen MR) is 125 cm³/mol. The molecule has 32 heavy (non-hydrogen) atoms. The topological polar surface area (TPSA) is 51.2 Å². The molecular formula is C26H28N2O4. The maximum atomic E-state index is 13.2. The molecule has 6 heteroatoms. The minimum absolute atomic E-state index is 0.00475. The maximum absolute atomic E-state index is 13.2. The Balaban J connectivity index is 1.32. The largest absolute Gasteiger partial charge is 0.497 e. The Hall–Kier alpha value is -3.67. The van der Waals surface area contributed by atoms with Gasteiger partial charge in [-0.25, -0.2) is 0 Å². The number of benzene rings is 3. The van der Waals surface area contributed by atoms with Crippen LogP contribution in [0.25, 0.3) is 0 Å². The Morgan fingerprint density at radius 2 is 1.47 bits per heavy atom. The number of nitrogens with zero attached hydrogens (tertiary/aromatic N) is 2. The highest BCUT2D eigenvalue weighted by Crippen LogP contribution is 2.24. The summed E-state index contributed by atoms with van der Waals surface area (Å²) in [5.41, 5.74) is 1.70. The zero-order chi connectivity index (χ0) is 22.2. The molecule has 1 fully saturated rings. The molecule has 3 aromatic carbocycles. The van der Waals surface area contributed by atoms with Crippen LogP contribution in [0.15, 0.2) is 78.9 Å². The van der Waals surface area contributed by atoms with Gasteiger partial charge in [0.15, 0.2) is 0 Å². The monoisotopic (exact) mass is 432 g/mol. The molecule has 1 aliphatic rings. The lowest BCUT2D eigenvalue weighted by Crippen LogP contribution is -2.48. The zero-order valence-electron chi connectivity index (χ0n) is 18.3. The highest BCUT2D eigenvalue weighted by molar-refractivity contribution is 5.97. The second-order valence-corrected chi connectivity index (χ2v) is 7.49. The quantitative estimate of drug-likeness (QED) is 0.502. The highest BCUT2D eigenvalue weighted by Gasteiger charge is 2.24. The molecule has 0 aliphatic carbocycles. The Morgan fingerprint density at radius 3 is 2.25 bits per heavy atom. The van der Waals surface area contributed by atoms with Gasteiger partial charge in [-0.1, -0.05) is 36.4 Å². The molecule has 0 saturated carbocycles. The van der Waals surface area contributed by atoms with E-state index in [9.17, 15) is 4.79 Å². The van der Waals surface area contributed by atoms with Gasteiger partial charge in [0.1, 0.15) is 30.5 Å². The van der Waals surface area contributed by atoms with E-state index in [1.807, 2.05) is 77.7 Å². The lowest BCUT2D eigenvalue weighted by atomic mass is 10.1. The molecule has 0 aromatic heterocycles. The summed E-state index contributed by atoms with van der Waals surface area (Å²) in [7, 11) is 1.67. The van der Waals surface area contributed by atoms with Crippen LogP contribution < -0.4 is 19.1 Å². The van der Waals surface area contributed by atoms with Crippen molar-refractivity contribution in [2.45, 2.75) is 0 Å². The van der Waals surface area contributed by atoms with Gasteiger partial charge in [-0.3, -0.25) is 4.79 Å². The van der Waals surface area contributed by atoms with E-state index in [2.05, 4.69) is 11.0 Å². The SMILES string of the molecule is COc1cccc(N2CCN(C(=O)c3ccccc3OCCOc3ccccc3)CC2)c1. The Morgan fingerprint density at radius 1 is 0.781 bits per heavy atom. The van der Waals surface area contributed by atoms with E-state index in [4.69, 9.17) is 14.2 Å². The van der Waals surface area contributed by atoms with E-state index in [1.54, 1.807) is 7.11 Å². The molecule has 1 heterocycles. The van der Waals surface area contributed by atoms with E-state index in [-0.39, 0.29) is 5.91 Å². The summed E-state index contributed by atoms with van der Waals surface area (Å²) < 4.78 is 16.9. The van der Waals surface area contributed by atoms with Gasteiger partial charge >= 0.3 is 0 Å². The van der Waals surface area contributed by atoms with E-state index in [0.29, 0.717) is 37.6 Å². The summed E-state index contributed by atoms with van der Waals surface area (Å²) >= 11 is 0.